The van der Waals surface area contributed by atoms with Crippen LogP contribution in [0, 0.1) is 0 Å². The highest BCUT2D eigenvalue weighted by molar-refractivity contribution is 5.43. The SMILES string of the molecule is COc1ccc(C2NC=CN2NC(C)C)c(OC)c1. The van der Waals surface area contributed by atoms with Gasteiger partial charge in [-0.15, -0.1) is 0 Å². The molecule has 1 aliphatic rings. The molecular weight excluding hydrogens is 242 g/mol. The van der Waals surface area contributed by atoms with E-state index in [1.807, 2.05) is 35.6 Å². The maximum atomic E-state index is 5.45. The summed E-state index contributed by atoms with van der Waals surface area (Å²) in [6.45, 7) is 4.21. The summed E-state index contributed by atoms with van der Waals surface area (Å²) in [7, 11) is 3.32. The Bertz CT molecular complexity index is 460. The molecule has 2 rings (SSSR count). The van der Waals surface area contributed by atoms with Crippen molar-refractivity contribution in [2.24, 2.45) is 0 Å². The van der Waals surface area contributed by atoms with Gasteiger partial charge in [0.2, 0.25) is 0 Å². The molecule has 1 atom stereocenters. The van der Waals surface area contributed by atoms with Crippen LogP contribution in [0.2, 0.25) is 0 Å². The molecule has 2 N–H and O–H groups in total. The highest BCUT2D eigenvalue weighted by Gasteiger charge is 2.24. The van der Waals surface area contributed by atoms with E-state index < -0.39 is 0 Å². The van der Waals surface area contributed by atoms with Gasteiger partial charge in [-0.05, 0) is 26.0 Å². The van der Waals surface area contributed by atoms with E-state index in [0.717, 1.165) is 17.1 Å². The first-order valence-electron chi connectivity index (χ1n) is 6.35. The molecule has 5 heteroatoms. The highest BCUT2D eigenvalue weighted by atomic mass is 16.5. The number of benzene rings is 1. The topological polar surface area (TPSA) is 45.8 Å². The maximum Gasteiger partial charge on any atom is 0.143 e. The first kappa shape index (κ1) is 13.5. The number of hydrogen-bond acceptors (Lipinski definition) is 5. The Kier molecular flexibility index (Phi) is 4.16. The highest BCUT2D eigenvalue weighted by Crippen LogP contribution is 2.32. The summed E-state index contributed by atoms with van der Waals surface area (Å²) in [4.78, 5) is 0. The number of methoxy groups -OCH3 is 2. The second kappa shape index (κ2) is 5.84. The number of nitrogens with zero attached hydrogens (tertiary/aromatic N) is 1. The van der Waals surface area contributed by atoms with Gasteiger partial charge >= 0.3 is 0 Å². The van der Waals surface area contributed by atoms with E-state index >= 15 is 0 Å². The van der Waals surface area contributed by atoms with Crippen LogP contribution in [0.4, 0.5) is 0 Å². The molecule has 5 nitrogen and oxygen atoms in total. The molecule has 1 aliphatic heterocycles. The van der Waals surface area contributed by atoms with E-state index in [1.54, 1.807) is 14.2 Å². The van der Waals surface area contributed by atoms with Crippen LogP contribution in [0.3, 0.4) is 0 Å². The molecule has 1 unspecified atom stereocenters. The lowest BCUT2D eigenvalue weighted by atomic mass is 10.1. The van der Waals surface area contributed by atoms with E-state index in [9.17, 15) is 0 Å². The van der Waals surface area contributed by atoms with Crippen molar-refractivity contribution in [2.75, 3.05) is 14.2 Å². The van der Waals surface area contributed by atoms with Gasteiger partial charge in [0.25, 0.3) is 0 Å². The van der Waals surface area contributed by atoms with Gasteiger partial charge in [-0.2, -0.15) is 0 Å². The molecule has 0 radical (unpaired) electrons. The molecule has 0 saturated carbocycles. The van der Waals surface area contributed by atoms with Crippen molar-refractivity contribution in [1.82, 2.24) is 15.8 Å². The van der Waals surface area contributed by atoms with Crippen LogP contribution in [0.1, 0.15) is 25.6 Å². The molecule has 0 spiro atoms. The third kappa shape index (κ3) is 2.93. The van der Waals surface area contributed by atoms with Crippen molar-refractivity contribution in [1.29, 1.82) is 0 Å². The first-order chi connectivity index (χ1) is 9.15. The van der Waals surface area contributed by atoms with Crippen molar-refractivity contribution < 1.29 is 9.47 Å². The molecule has 104 valence electrons. The van der Waals surface area contributed by atoms with E-state index in [4.69, 9.17) is 9.47 Å². The lowest BCUT2D eigenvalue weighted by Gasteiger charge is -2.29. The molecule has 0 fully saturated rings. The van der Waals surface area contributed by atoms with Crippen LogP contribution in [0.5, 0.6) is 11.5 Å². The van der Waals surface area contributed by atoms with Crippen LogP contribution in [-0.4, -0.2) is 25.3 Å². The van der Waals surface area contributed by atoms with Gasteiger partial charge in [-0.25, -0.2) is 5.43 Å². The fourth-order valence-corrected chi connectivity index (χ4v) is 2.08. The molecule has 19 heavy (non-hydrogen) atoms. The Hall–Kier alpha value is -1.88. The number of rotatable bonds is 5. The zero-order valence-corrected chi connectivity index (χ0v) is 11.8. The average Bonchev–Trinajstić information content (AvgIpc) is 2.85. The zero-order valence-electron chi connectivity index (χ0n) is 11.8. The van der Waals surface area contributed by atoms with Gasteiger partial charge in [0.05, 0.1) is 14.2 Å². The van der Waals surface area contributed by atoms with Crippen LogP contribution >= 0.6 is 0 Å². The smallest absolute Gasteiger partial charge is 0.143 e. The van der Waals surface area contributed by atoms with Crippen molar-refractivity contribution in [3.05, 3.63) is 36.2 Å². The number of ether oxygens (including phenoxy) is 2. The van der Waals surface area contributed by atoms with Crippen LogP contribution in [0.25, 0.3) is 0 Å². The molecule has 1 aromatic carbocycles. The monoisotopic (exact) mass is 263 g/mol. The van der Waals surface area contributed by atoms with Crippen LogP contribution in [-0.2, 0) is 0 Å². The summed E-state index contributed by atoms with van der Waals surface area (Å²) in [6, 6.07) is 6.20. The second-order valence-electron chi connectivity index (χ2n) is 4.68. The minimum atomic E-state index is 0.0169. The van der Waals surface area contributed by atoms with Crippen molar-refractivity contribution in [2.45, 2.75) is 26.1 Å². The van der Waals surface area contributed by atoms with E-state index in [0.29, 0.717) is 6.04 Å². The predicted octanol–water partition coefficient (Wildman–Crippen LogP) is 1.99. The van der Waals surface area contributed by atoms with Gasteiger partial charge in [0, 0.05) is 30.1 Å². The number of hydrogen-bond donors (Lipinski definition) is 2. The summed E-state index contributed by atoms with van der Waals surface area (Å²) in [5.74, 6) is 1.59. The third-order valence-corrected chi connectivity index (χ3v) is 2.91. The third-order valence-electron chi connectivity index (χ3n) is 2.91. The summed E-state index contributed by atoms with van der Waals surface area (Å²) < 4.78 is 10.7. The van der Waals surface area contributed by atoms with Gasteiger partial charge < -0.3 is 14.8 Å². The van der Waals surface area contributed by atoms with E-state index in [-0.39, 0.29) is 6.17 Å². The normalized spacial score (nSPS) is 17.7. The zero-order chi connectivity index (χ0) is 13.8. The summed E-state index contributed by atoms with van der Waals surface area (Å²) in [5, 5.41) is 5.34. The molecule has 1 heterocycles. The Morgan fingerprint density at radius 3 is 2.68 bits per heavy atom. The Balaban J connectivity index is 2.25. The van der Waals surface area contributed by atoms with E-state index in [1.165, 1.54) is 0 Å². The Labute approximate surface area is 114 Å². The average molecular weight is 263 g/mol. The van der Waals surface area contributed by atoms with Crippen LogP contribution < -0.4 is 20.2 Å². The fraction of sp³-hybridized carbons (Fsp3) is 0.429. The van der Waals surface area contributed by atoms with Crippen molar-refractivity contribution in [3.63, 3.8) is 0 Å². The van der Waals surface area contributed by atoms with Crippen molar-refractivity contribution in [3.8, 4) is 11.5 Å². The molecule has 0 aromatic heterocycles. The van der Waals surface area contributed by atoms with E-state index in [2.05, 4.69) is 24.6 Å². The molecule has 0 amide bonds. The second-order valence-corrected chi connectivity index (χ2v) is 4.68. The summed E-state index contributed by atoms with van der Waals surface area (Å²) >= 11 is 0. The molecule has 0 saturated heterocycles. The standard InChI is InChI=1S/C14H21N3O2/c1-10(2)16-17-8-7-15-14(17)12-6-5-11(18-3)9-13(12)19-4/h5-10,14-16H,1-4H3. The number of hydrazine groups is 1. The first-order valence-corrected chi connectivity index (χ1v) is 6.35. The maximum absolute atomic E-state index is 5.45. The van der Waals surface area contributed by atoms with Gasteiger partial charge in [-0.3, -0.25) is 5.01 Å². The Morgan fingerprint density at radius 2 is 2.05 bits per heavy atom. The Morgan fingerprint density at radius 1 is 1.26 bits per heavy atom. The predicted molar refractivity (Wildman–Crippen MR) is 74.7 cm³/mol. The minimum absolute atomic E-state index is 0.0169. The van der Waals surface area contributed by atoms with Crippen molar-refractivity contribution >= 4 is 0 Å². The summed E-state index contributed by atoms with van der Waals surface area (Å²) in [5.41, 5.74) is 4.42. The molecular formula is C14H21N3O2. The molecule has 0 aliphatic carbocycles. The van der Waals surface area contributed by atoms with Crippen LogP contribution in [0.15, 0.2) is 30.6 Å². The molecule has 0 bridgehead atoms. The molecule has 1 aromatic rings. The summed E-state index contributed by atoms with van der Waals surface area (Å²) in [6.07, 6.45) is 3.92. The lowest BCUT2D eigenvalue weighted by molar-refractivity contribution is 0.176. The van der Waals surface area contributed by atoms with Gasteiger partial charge in [0.1, 0.15) is 17.7 Å². The number of nitrogens with one attached hydrogen (secondary N) is 2. The quantitative estimate of drug-likeness (QED) is 0.850. The fourth-order valence-electron chi connectivity index (χ4n) is 2.08. The lowest BCUT2D eigenvalue weighted by Crippen LogP contribution is -2.41. The largest absolute Gasteiger partial charge is 0.497 e. The minimum Gasteiger partial charge on any atom is -0.497 e. The van der Waals surface area contributed by atoms with Gasteiger partial charge in [-0.1, -0.05) is 0 Å². The van der Waals surface area contributed by atoms with Gasteiger partial charge in [0.15, 0.2) is 0 Å².